The van der Waals surface area contributed by atoms with Crippen LogP contribution in [0.1, 0.15) is 51.9 Å². The molecule has 1 N–H and O–H groups in total. The van der Waals surface area contributed by atoms with E-state index in [4.69, 9.17) is 16.7 Å². The maximum atomic E-state index is 10.5. The molecule has 0 saturated heterocycles. The smallest absolute Gasteiger partial charge is 0.306 e. The molecule has 1 unspecified atom stereocenters. The van der Waals surface area contributed by atoms with Crippen molar-refractivity contribution in [3.05, 3.63) is 0 Å². The summed E-state index contributed by atoms with van der Waals surface area (Å²) >= 11 is 5.55. The van der Waals surface area contributed by atoms with Gasteiger partial charge in [-0.05, 0) is 12.8 Å². The normalized spacial score (nSPS) is 12.7. The molecule has 0 fully saturated rings. The first-order chi connectivity index (χ1) is 6.68. The molecule has 0 amide bonds. The third kappa shape index (κ3) is 8.36. The Morgan fingerprint density at radius 3 is 2.14 bits per heavy atom. The number of halogens is 1. The van der Waals surface area contributed by atoms with Crippen molar-refractivity contribution in [3.63, 3.8) is 0 Å². The van der Waals surface area contributed by atoms with Crippen LogP contribution in [0, 0.1) is 5.92 Å². The lowest BCUT2D eigenvalue weighted by molar-refractivity contribution is -0.141. The number of hydrogen-bond acceptors (Lipinski definition) is 1. The number of carboxylic acid groups (broad SMARTS) is 1. The highest BCUT2D eigenvalue weighted by atomic mass is 35.5. The van der Waals surface area contributed by atoms with Crippen LogP contribution in [-0.4, -0.2) is 17.0 Å². The zero-order chi connectivity index (χ0) is 10.8. The summed E-state index contributed by atoms with van der Waals surface area (Å²) in [7, 11) is 0. The van der Waals surface area contributed by atoms with E-state index in [1.165, 1.54) is 19.3 Å². The Morgan fingerprint density at radius 1 is 1.14 bits per heavy atom. The molecule has 0 heterocycles. The van der Waals surface area contributed by atoms with Crippen LogP contribution in [0.3, 0.4) is 0 Å². The van der Waals surface area contributed by atoms with E-state index in [1.54, 1.807) is 6.92 Å². The molecule has 0 aromatic rings. The second-order valence-electron chi connectivity index (χ2n) is 3.84. The third-order valence-corrected chi connectivity index (χ3v) is 2.71. The van der Waals surface area contributed by atoms with E-state index in [2.05, 4.69) is 0 Å². The molecule has 0 aliphatic heterocycles. The maximum Gasteiger partial charge on any atom is 0.306 e. The summed E-state index contributed by atoms with van der Waals surface area (Å²) in [5, 5.41) is 8.64. The molecule has 84 valence electrons. The van der Waals surface area contributed by atoms with E-state index in [-0.39, 0.29) is 5.92 Å². The monoisotopic (exact) mass is 220 g/mol. The van der Waals surface area contributed by atoms with Crippen LogP contribution >= 0.6 is 11.6 Å². The number of alkyl halides is 1. The van der Waals surface area contributed by atoms with Gasteiger partial charge in [0.2, 0.25) is 0 Å². The molecule has 0 aromatic carbocycles. The molecule has 0 aliphatic carbocycles. The first-order valence-electron chi connectivity index (χ1n) is 5.47. The van der Waals surface area contributed by atoms with Crippen LogP contribution in [0.2, 0.25) is 0 Å². The first-order valence-corrected chi connectivity index (χ1v) is 6.00. The fourth-order valence-corrected chi connectivity index (χ4v) is 1.56. The molecular formula is C11H21ClO2. The van der Waals surface area contributed by atoms with E-state index in [0.29, 0.717) is 0 Å². The first kappa shape index (κ1) is 13.8. The number of rotatable bonds is 9. The average Bonchev–Trinajstić information content (AvgIpc) is 2.16. The van der Waals surface area contributed by atoms with Gasteiger partial charge in [0.15, 0.2) is 0 Å². The van der Waals surface area contributed by atoms with Gasteiger partial charge in [-0.2, -0.15) is 0 Å². The Labute approximate surface area is 91.6 Å². The fourth-order valence-electron chi connectivity index (χ4n) is 1.38. The molecule has 0 spiro atoms. The van der Waals surface area contributed by atoms with Crippen LogP contribution in [0.5, 0.6) is 0 Å². The Kier molecular flexibility index (Phi) is 9.16. The Morgan fingerprint density at radius 2 is 1.64 bits per heavy atom. The van der Waals surface area contributed by atoms with E-state index < -0.39 is 5.97 Å². The van der Waals surface area contributed by atoms with E-state index in [1.807, 2.05) is 0 Å². The molecule has 0 aliphatic rings. The SMILES string of the molecule is CC(CCCCCCCCCl)C(=O)O. The van der Waals surface area contributed by atoms with Crippen LogP contribution in [0.4, 0.5) is 0 Å². The Hall–Kier alpha value is -0.240. The quantitative estimate of drug-likeness (QED) is 0.476. The summed E-state index contributed by atoms with van der Waals surface area (Å²) in [6.07, 6.45) is 7.75. The minimum Gasteiger partial charge on any atom is -0.481 e. The topological polar surface area (TPSA) is 37.3 Å². The highest BCUT2D eigenvalue weighted by Gasteiger charge is 2.09. The number of carbonyl (C=O) groups is 1. The van der Waals surface area contributed by atoms with E-state index in [0.717, 1.165) is 31.6 Å². The molecule has 0 aromatic heterocycles. The number of hydrogen-bond donors (Lipinski definition) is 1. The lowest BCUT2D eigenvalue weighted by atomic mass is 10.0. The molecular weight excluding hydrogens is 200 g/mol. The van der Waals surface area contributed by atoms with Crippen molar-refractivity contribution in [2.75, 3.05) is 5.88 Å². The molecule has 3 heteroatoms. The zero-order valence-electron chi connectivity index (χ0n) is 8.97. The molecule has 14 heavy (non-hydrogen) atoms. The van der Waals surface area contributed by atoms with Crippen molar-refractivity contribution in [2.24, 2.45) is 5.92 Å². The molecule has 0 bridgehead atoms. The van der Waals surface area contributed by atoms with Gasteiger partial charge in [-0.25, -0.2) is 0 Å². The molecule has 1 atom stereocenters. The summed E-state index contributed by atoms with van der Waals surface area (Å²) < 4.78 is 0. The summed E-state index contributed by atoms with van der Waals surface area (Å²) in [4.78, 5) is 10.5. The third-order valence-electron chi connectivity index (χ3n) is 2.44. The summed E-state index contributed by atoms with van der Waals surface area (Å²) in [6.45, 7) is 1.77. The summed E-state index contributed by atoms with van der Waals surface area (Å²) in [5.74, 6) is -0.0965. The second-order valence-corrected chi connectivity index (χ2v) is 4.22. The Balaban J connectivity index is 3.09. The maximum absolute atomic E-state index is 10.5. The van der Waals surface area contributed by atoms with Crippen LogP contribution in [-0.2, 0) is 4.79 Å². The van der Waals surface area contributed by atoms with Gasteiger partial charge in [0, 0.05) is 5.88 Å². The van der Waals surface area contributed by atoms with Crippen molar-refractivity contribution in [1.29, 1.82) is 0 Å². The lowest BCUT2D eigenvalue weighted by Gasteiger charge is -2.05. The molecule has 0 radical (unpaired) electrons. The summed E-state index contributed by atoms with van der Waals surface area (Å²) in [6, 6.07) is 0. The van der Waals surface area contributed by atoms with Gasteiger partial charge in [0.05, 0.1) is 5.92 Å². The largest absolute Gasteiger partial charge is 0.481 e. The van der Waals surface area contributed by atoms with Gasteiger partial charge in [-0.15, -0.1) is 11.6 Å². The zero-order valence-corrected chi connectivity index (χ0v) is 9.72. The lowest BCUT2D eigenvalue weighted by Crippen LogP contribution is -2.08. The molecule has 0 rings (SSSR count). The molecule has 0 saturated carbocycles. The predicted molar refractivity (Wildman–Crippen MR) is 59.8 cm³/mol. The van der Waals surface area contributed by atoms with Crippen LogP contribution in [0.15, 0.2) is 0 Å². The van der Waals surface area contributed by atoms with Crippen molar-refractivity contribution in [2.45, 2.75) is 51.9 Å². The van der Waals surface area contributed by atoms with Gasteiger partial charge < -0.3 is 5.11 Å². The van der Waals surface area contributed by atoms with Gasteiger partial charge >= 0.3 is 5.97 Å². The predicted octanol–water partition coefficient (Wildman–Crippen LogP) is 3.68. The van der Waals surface area contributed by atoms with E-state index >= 15 is 0 Å². The highest BCUT2D eigenvalue weighted by Crippen LogP contribution is 2.12. The van der Waals surface area contributed by atoms with Crippen molar-refractivity contribution < 1.29 is 9.90 Å². The number of carboxylic acids is 1. The van der Waals surface area contributed by atoms with E-state index in [9.17, 15) is 4.79 Å². The standard InChI is InChI=1S/C11H21ClO2/c1-10(11(13)14)8-6-4-2-3-5-7-9-12/h10H,2-9H2,1H3,(H,13,14). The minimum absolute atomic E-state index is 0.183. The average molecular weight is 221 g/mol. The highest BCUT2D eigenvalue weighted by molar-refractivity contribution is 6.17. The van der Waals surface area contributed by atoms with Gasteiger partial charge in [0.1, 0.15) is 0 Å². The van der Waals surface area contributed by atoms with Crippen molar-refractivity contribution in [1.82, 2.24) is 0 Å². The number of unbranched alkanes of at least 4 members (excludes halogenated alkanes) is 5. The van der Waals surface area contributed by atoms with Gasteiger partial charge in [0.25, 0.3) is 0 Å². The number of aliphatic carboxylic acids is 1. The Bertz CT molecular complexity index is 148. The minimum atomic E-state index is -0.674. The van der Waals surface area contributed by atoms with Crippen molar-refractivity contribution >= 4 is 17.6 Å². The molecule has 2 nitrogen and oxygen atoms in total. The summed E-state index contributed by atoms with van der Waals surface area (Å²) in [5.41, 5.74) is 0. The van der Waals surface area contributed by atoms with Crippen LogP contribution < -0.4 is 0 Å². The van der Waals surface area contributed by atoms with Gasteiger partial charge in [-0.3, -0.25) is 4.79 Å². The van der Waals surface area contributed by atoms with Crippen molar-refractivity contribution in [3.8, 4) is 0 Å². The fraction of sp³-hybridized carbons (Fsp3) is 0.909. The second kappa shape index (κ2) is 9.32. The van der Waals surface area contributed by atoms with Crippen LogP contribution in [0.25, 0.3) is 0 Å². The van der Waals surface area contributed by atoms with Gasteiger partial charge in [-0.1, -0.05) is 39.0 Å².